The van der Waals surface area contributed by atoms with E-state index in [9.17, 15) is 0 Å². The van der Waals surface area contributed by atoms with E-state index in [0.717, 1.165) is 19.0 Å². The zero-order valence-corrected chi connectivity index (χ0v) is 12.7. The molecule has 0 saturated carbocycles. The third-order valence-corrected chi connectivity index (χ3v) is 4.21. The van der Waals surface area contributed by atoms with Gasteiger partial charge in [0, 0.05) is 26.2 Å². The third-order valence-electron chi connectivity index (χ3n) is 4.21. The number of hydrogen-bond donors (Lipinski definition) is 1. The molecule has 0 aliphatic carbocycles. The molecule has 1 rings (SSSR count). The lowest BCUT2D eigenvalue weighted by molar-refractivity contribution is 0.271. The van der Waals surface area contributed by atoms with Crippen molar-refractivity contribution in [1.29, 1.82) is 0 Å². The fourth-order valence-electron chi connectivity index (χ4n) is 2.69. The maximum absolute atomic E-state index is 3.58. The first-order valence-corrected chi connectivity index (χ1v) is 7.91. The molecule has 0 aromatic carbocycles. The first kappa shape index (κ1) is 15.9. The first-order chi connectivity index (χ1) is 8.76. The number of likely N-dealkylation sites (N-methyl/N-ethyl adjacent to an activating group) is 1. The van der Waals surface area contributed by atoms with Gasteiger partial charge in [-0.25, -0.2) is 0 Å². The average Bonchev–Trinajstić information content (AvgIpc) is 2.59. The minimum atomic E-state index is 0.936. The summed E-state index contributed by atoms with van der Waals surface area (Å²) >= 11 is 0. The molecule has 0 aromatic rings. The van der Waals surface area contributed by atoms with Gasteiger partial charge >= 0.3 is 0 Å². The molecule has 1 unspecified atom stereocenters. The van der Waals surface area contributed by atoms with Crippen LogP contribution in [0.15, 0.2) is 0 Å². The number of nitrogens with one attached hydrogen (secondary N) is 1. The summed E-state index contributed by atoms with van der Waals surface area (Å²) in [5.74, 6) is 0.936. The Labute approximate surface area is 114 Å². The molecule has 1 aliphatic rings. The van der Waals surface area contributed by atoms with Gasteiger partial charge in [0.1, 0.15) is 0 Å². The second-order valence-corrected chi connectivity index (χ2v) is 5.65. The maximum atomic E-state index is 3.58. The first-order valence-electron chi connectivity index (χ1n) is 7.91. The van der Waals surface area contributed by atoms with Crippen molar-refractivity contribution in [2.75, 3.05) is 52.4 Å². The predicted molar refractivity (Wildman–Crippen MR) is 80.1 cm³/mol. The molecule has 1 saturated heterocycles. The molecule has 0 bridgehead atoms. The van der Waals surface area contributed by atoms with Crippen LogP contribution in [0.3, 0.4) is 0 Å². The van der Waals surface area contributed by atoms with E-state index in [1.807, 2.05) is 0 Å². The number of rotatable bonds is 8. The van der Waals surface area contributed by atoms with Crippen LogP contribution >= 0.6 is 0 Å². The highest BCUT2D eigenvalue weighted by molar-refractivity contribution is 4.68. The summed E-state index contributed by atoms with van der Waals surface area (Å²) < 4.78 is 0. The quantitative estimate of drug-likeness (QED) is 0.670. The van der Waals surface area contributed by atoms with E-state index in [0.29, 0.717) is 0 Å². The maximum Gasteiger partial charge on any atom is 0.0107 e. The van der Waals surface area contributed by atoms with E-state index in [1.165, 1.54) is 58.5 Å². The van der Waals surface area contributed by atoms with Crippen LogP contribution in [0.4, 0.5) is 0 Å². The molecule has 1 aliphatic heterocycles. The zero-order valence-electron chi connectivity index (χ0n) is 12.7. The van der Waals surface area contributed by atoms with Gasteiger partial charge in [0.05, 0.1) is 0 Å². The summed E-state index contributed by atoms with van der Waals surface area (Å²) in [4.78, 5) is 5.11. The molecular weight excluding hydrogens is 222 g/mol. The highest BCUT2D eigenvalue weighted by Crippen LogP contribution is 2.15. The largest absolute Gasteiger partial charge is 0.314 e. The lowest BCUT2D eigenvalue weighted by Crippen LogP contribution is -2.37. The summed E-state index contributed by atoms with van der Waals surface area (Å²) in [7, 11) is 0. The molecule has 1 heterocycles. The van der Waals surface area contributed by atoms with Gasteiger partial charge in [0.15, 0.2) is 0 Å². The number of nitrogens with zero attached hydrogens (tertiary/aromatic N) is 2. The van der Waals surface area contributed by atoms with E-state index >= 15 is 0 Å². The molecular formula is C15H33N3. The Kier molecular flexibility index (Phi) is 8.64. The Bertz CT molecular complexity index is 192. The SMILES string of the molecule is CCN(CC)CCNCCN1CCCC(C)CC1. The second kappa shape index (κ2) is 9.76. The molecule has 0 spiro atoms. The van der Waals surface area contributed by atoms with E-state index in [2.05, 4.69) is 35.9 Å². The summed E-state index contributed by atoms with van der Waals surface area (Å²) in [5, 5.41) is 3.58. The highest BCUT2D eigenvalue weighted by Gasteiger charge is 2.12. The lowest BCUT2D eigenvalue weighted by atomic mass is 10.0. The van der Waals surface area contributed by atoms with Crippen molar-refractivity contribution in [1.82, 2.24) is 15.1 Å². The predicted octanol–water partition coefficient (Wildman–Crippen LogP) is 2.04. The standard InChI is InChI=1S/C15H33N3/c1-4-17(5-2)13-9-16-10-14-18-11-6-7-15(3)8-12-18/h15-16H,4-14H2,1-3H3. The van der Waals surface area contributed by atoms with Crippen molar-refractivity contribution in [3.63, 3.8) is 0 Å². The Morgan fingerprint density at radius 2 is 1.89 bits per heavy atom. The van der Waals surface area contributed by atoms with Crippen LogP contribution in [0.2, 0.25) is 0 Å². The van der Waals surface area contributed by atoms with Crippen molar-refractivity contribution in [3.8, 4) is 0 Å². The van der Waals surface area contributed by atoms with E-state index < -0.39 is 0 Å². The topological polar surface area (TPSA) is 18.5 Å². The third kappa shape index (κ3) is 6.72. The van der Waals surface area contributed by atoms with Gasteiger partial charge in [-0.05, 0) is 51.4 Å². The van der Waals surface area contributed by atoms with Crippen LogP contribution in [-0.4, -0.2) is 62.2 Å². The zero-order chi connectivity index (χ0) is 13.2. The molecule has 18 heavy (non-hydrogen) atoms. The van der Waals surface area contributed by atoms with E-state index in [1.54, 1.807) is 0 Å². The van der Waals surface area contributed by atoms with E-state index in [-0.39, 0.29) is 0 Å². The Hall–Kier alpha value is -0.120. The van der Waals surface area contributed by atoms with Crippen LogP contribution in [0, 0.1) is 5.92 Å². The summed E-state index contributed by atoms with van der Waals surface area (Å²) in [5.41, 5.74) is 0. The normalized spacial score (nSPS) is 22.3. The summed E-state index contributed by atoms with van der Waals surface area (Å²) in [6, 6.07) is 0. The van der Waals surface area contributed by atoms with Gasteiger partial charge in [0.25, 0.3) is 0 Å². The van der Waals surface area contributed by atoms with Crippen LogP contribution < -0.4 is 5.32 Å². The van der Waals surface area contributed by atoms with Crippen LogP contribution in [0.5, 0.6) is 0 Å². The van der Waals surface area contributed by atoms with Gasteiger partial charge in [-0.2, -0.15) is 0 Å². The Morgan fingerprint density at radius 3 is 2.61 bits per heavy atom. The summed E-state index contributed by atoms with van der Waals surface area (Å²) in [6.07, 6.45) is 4.20. The molecule has 1 atom stereocenters. The average molecular weight is 255 g/mol. The van der Waals surface area contributed by atoms with Crippen molar-refractivity contribution >= 4 is 0 Å². The molecule has 0 radical (unpaired) electrons. The second-order valence-electron chi connectivity index (χ2n) is 5.65. The smallest absolute Gasteiger partial charge is 0.0107 e. The molecule has 3 nitrogen and oxygen atoms in total. The molecule has 108 valence electrons. The minimum Gasteiger partial charge on any atom is -0.314 e. The van der Waals surface area contributed by atoms with Crippen molar-refractivity contribution in [2.24, 2.45) is 5.92 Å². The minimum absolute atomic E-state index is 0.936. The molecule has 3 heteroatoms. The van der Waals surface area contributed by atoms with Crippen molar-refractivity contribution < 1.29 is 0 Å². The summed E-state index contributed by atoms with van der Waals surface area (Å²) in [6.45, 7) is 16.5. The molecule has 1 N–H and O–H groups in total. The van der Waals surface area contributed by atoms with Gasteiger partial charge in [0.2, 0.25) is 0 Å². The Morgan fingerprint density at radius 1 is 1.11 bits per heavy atom. The molecule has 1 fully saturated rings. The van der Waals surface area contributed by atoms with Gasteiger partial charge in [-0.3, -0.25) is 0 Å². The van der Waals surface area contributed by atoms with Gasteiger partial charge < -0.3 is 15.1 Å². The van der Waals surface area contributed by atoms with Crippen molar-refractivity contribution in [3.05, 3.63) is 0 Å². The fraction of sp³-hybridized carbons (Fsp3) is 1.00. The van der Waals surface area contributed by atoms with Crippen LogP contribution in [0.25, 0.3) is 0 Å². The van der Waals surface area contributed by atoms with Crippen molar-refractivity contribution in [2.45, 2.75) is 40.0 Å². The molecule has 0 aromatic heterocycles. The molecule has 0 amide bonds. The van der Waals surface area contributed by atoms with E-state index in [4.69, 9.17) is 0 Å². The monoisotopic (exact) mass is 255 g/mol. The van der Waals surface area contributed by atoms with Crippen LogP contribution in [-0.2, 0) is 0 Å². The van der Waals surface area contributed by atoms with Gasteiger partial charge in [-0.15, -0.1) is 0 Å². The highest BCUT2D eigenvalue weighted by atomic mass is 15.2. The fourth-order valence-corrected chi connectivity index (χ4v) is 2.69. The van der Waals surface area contributed by atoms with Crippen LogP contribution in [0.1, 0.15) is 40.0 Å². The number of hydrogen-bond acceptors (Lipinski definition) is 3. The Balaban J connectivity index is 2.00. The van der Waals surface area contributed by atoms with Gasteiger partial charge in [-0.1, -0.05) is 20.8 Å². The number of likely N-dealkylation sites (tertiary alicyclic amines) is 1. The lowest BCUT2D eigenvalue weighted by Gasteiger charge is -2.21.